The Labute approximate surface area is 138 Å². The summed E-state index contributed by atoms with van der Waals surface area (Å²) in [7, 11) is 0. The summed E-state index contributed by atoms with van der Waals surface area (Å²) in [5.74, 6) is -1.38. The van der Waals surface area contributed by atoms with Crippen LogP contribution in [0.2, 0.25) is 0 Å². The highest BCUT2D eigenvalue weighted by Crippen LogP contribution is 2.29. The maximum Gasteiger partial charge on any atom is 0.274 e. The molecule has 0 unspecified atom stereocenters. The molecule has 0 fully saturated rings. The number of aromatic nitrogens is 1. The lowest BCUT2D eigenvalue weighted by Crippen LogP contribution is -2.39. The summed E-state index contributed by atoms with van der Waals surface area (Å²) in [6.45, 7) is 3.46. The van der Waals surface area contributed by atoms with Crippen molar-refractivity contribution in [3.8, 4) is 5.75 Å². The Bertz CT molecular complexity index is 783. The molecule has 24 heavy (non-hydrogen) atoms. The summed E-state index contributed by atoms with van der Waals surface area (Å²) >= 11 is 0. The Morgan fingerprint density at radius 3 is 2.67 bits per heavy atom. The van der Waals surface area contributed by atoms with Gasteiger partial charge in [0, 0.05) is 32.4 Å². The summed E-state index contributed by atoms with van der Waals surface area (Å²) in [6.07, 6.45) is 1.50. The summed E-state index contributed by atoms with van der Waals surface area (Å²) < 4.78 is 14.6. The van der Waals surface area contributed by atoms with E-state index in [1.54, 1.807) is 28.5 Å². The van der Waals surface area contributed by atoms with Gasteiger partial charge >= 0.3 is 0 Å². The van der Waals surface area contributed by atoms with E-state index in [-0.39, 0.29) is 28.7 Å². The first-order chi connectivity index (χ1) is 11.5. The summed E-state index contributed by atoms with van der Waals surface area (Å²) in [6, 6.07) is 5.93. The third kappa shape index (κ3) is 2.84. The standard InChI is InChI=1S/C17H18FN3O3/c1-2-19-16(23)13-10-20-7-8-21(17(24)14(20)15(13)22)9-11-3-5-12(18)6-4-11/h3-6,10,22H,2,7-9H2,1H3,(H,19,23). The molecule has 1 aliphatic rings. The van der Waals surface area contributed by atoms with Crippen LogP contribution in [0.4, 0.5) is 4.39 Å². The molecule has 126 valence electrons. The molecule has 0 atom stereocenters. The van der Waals surface area contributed by atoms with Gasteiger partial charge in [-0.25, -0.2) is 4.39 Å². The number of benzene rings is 1. The number of rotatable bonds is 4. The molecule has 7 heteroatoms. The number of carbonyl (C=O) groups excluding carboxylic acids is 2. The molecule has 3 rings (SSSR count). The van der Waals surface area contributed by atoms with E-state index in [0.29, 0.717) is 26.2 Å². The lowest BCUT2D eigenvalue weighted by atomic mass is 10.1. The quantitative estimate of drug-likeness (QED) is 0.896. The average molecular weight is 331 g/mol. The van der Waals surface area contributed by atoms with Gasteiger partial charge in [0.05, 0.1) is 5.56 Å². The van der Waals surface area contributed by atoms with Gasteiger partial charge in [0.1, 0.15) is 5.82 Å². The third-order valence-corrected chi connectivity index (χ3v) is 4.02. The minimum atomic E-state index is -0.408. The van der Waals surface area contributed by atoms with Gasteiger partial charge < -0.3 is 19.9 Å². The maximum atomic E-state index is 13.0. The van der Waals surface area contributed by atoms with E-state index in [1.807, 2.05) is 0 Å². The van der Waals surface area contributed by atoms with Gasteiger partial charge in [0.15, 0.2) is 11.4 Å². The predicted molar refractivity (Wildman–Crippen MR) is 85.2 cm³/mol. The molecule has 0 aliphatic carbocycles. The topological polar surface area (TPSA) is 74.6 Å². The van der Waals surface area contributed by atoms with Crippen LogP contribution in [-0.4, -0.2) is 39.5 Å². The number of nitrogens with one attached hydrogen (secondary N) is 1. The van der Waals surface area contributed by atoms with Crippen LogP contribution >= 0.6 is 0 Å². The molecule has 1 aliphatic heterocycles. The van der Waals surface area contributed by atoms with E-state index < -0.39 is 5.91 Å². The maximum absolute atomic E-state index is 13.0. The monoisotopic (exact) mass is 331 g/mol. The van der Waals surface area contributed by atoms with Crippen molar-refractivity contribution >= 4 is 11.8 Å². The molecule has 0 saturated heterocycles. The van der Waals surface area contributed by atoms with Crippen LogP contribution < -0.4 is 5.32 Å². The van der Waals surface area contributed by atoms with Crippen LogP contribution in [0, 0.1) is 5.82 Å². The van der Waals surface area contributed by atoms with Crippen molar-refractivity contribution in [1.82, 2.24) is 14.8 Å². The van der Waals surface area contributed by atoms with Crippen LogP contribution in [0.5, 0.6) is 5.75 Å². The summed E-state index contributed by atoms with van der Waals surface area (Å²) in [4.78, 5) is 26.2. The normalized spacial score (nSPS) is 13.8. The molecule has 0 spiro atoms. The second-order valence-electron chi connectivity index (χ2n) is 5.65. The second kappa shape index (κ2) is 6.35. The highest BCUT2D eigenvalue weighted by Gasteiger charge is 2.31. The SMILES string of the molecule is CCNC(=O)c1cn2c(c1O)C(=O)N(Cc1ccc(F)cc1)CC2. The van der Waals surface area contributed by atoms with E-state index in [1.165, 1.54) is 18.3 Å². The third-order valence-electron chi connectivity index (χ3n) is 4.02. The summed E-state index contributed by atoms with van der Waals surface area (Å²) in [5, 5.41) is 12.9. The van der Waals surface area contributed by atoms with E-state index >= 15 is 0 Å². The van der Waals surface area contributed by atoms with Crippen LogP contribution in [0.1, 0.15) is 33.3 Å². The smallest absolute Gasteiger partial charge is 0.274 e. The molecule has 1 aromatic heterocycles. The lowest BCUT2D eigenvalue weighted by Gasteiger charge is -2.28. The Balaban J connectivity index is 1.84. The van der Waals surface area contributed by atoms with Gasteiger partial charge in [0.25, 0.3) is 11.8 Å². The molecule has 0 saturated carbocycles. The van der Waals surface area contributed by atoms with Crippen molar-refractivity contribution < 1.29 is 19.1 Å². The predicted octanol–water partition coefficient (Wildman–Crippen LogP) is 1.74. The highest BCUT2D eigenvalue weighted by molar-refractivity contribution is 6.04. The minimum Gasteiger partial charge on any atom is -0.505 e. The zero-order chi connectivity index (χ0) is 17.3. The number of carbonyl (C=O) groups is 2. The number of amides is 2. The van der Waals surface area contributed by atoms with E-state index in [9.17, 15) is 19.1 Å². The van der Waals surface area contributed by atoms with Crippen molar-refractivity contribution in [2.75, 3.05) is 13.1 Å². The number of aromatic hydroxyl groups is 1. The zero-order valence-electron chi connectivity index (χ0n) is 13.3. The number of nitrogens with zero attached hydrogens (tertiary/aromatic N) is 2. The van der Waals surface area contributed by atoms with Gasteiger partial charge in [-0.3, -0.25) is 9.59 Å². The van der Waals surface area contributed by atoms with Crippen molar-refractivity contribution in [2.45, 2.75) is 20.0 Å². The van der Waals surface area contributed by atoms with Gasteiger partial charge in [-0.15, -0.1) is 0 Å². The van der Waals surface area contributed by atoms with E-state index in [4.69, 9.17) is 0 Å². The molecule has 6 nitrogen and oxygen atoms in total. The first-order valence-electron chi connectivity index (χ1n) is 7.75. The Hall–Kier alpha value is -2.83. The van der Waals surface area contributed by atoms with E-state index in [2.05, 4.69) is 5.32 Å². The minimum absolute atomic E-state index is 0.101. The van der Waals surface area contributed by atoms with Gasteiger partial charge in [0.2, 0.25) is 0 Å². The van der Waals surface area contributed by atoms with Crippen LogP contribution in [0.25, 0.3) is 0 Å². The van der Waals surface area contributed by atoms with Crippen molar-refractivity contribution in [1.29, 1.82) is 0 Å². The Morgan fingerprint density at radius 1 is 1.29 bits per heavy atom. The van der Waals surface area contributed by atoms with Crippen LogP contribution in [0.3, 0.4) is 0 Å². The number of hydrogen-bond donors (Lipinski definition) is 2. The summed E-state index contributed by atoms with van der Waals surface area (Å²) in [5.41, 5.74) is 1.02. The molecule has 1 aromatic carbocycles. The number of fused-ring (bicyclic) bond motifs is 1. The zero-order valence-corrected chi connectivity index (χ0v) is 13.3. The van der Waals surface area contributed by atoms with Gasteiger partial charge in [-0.2, -0.15) is 0 Å². The first-order valence-corrected chi connectivity index (χ1v) is 7.75. The number of halogens is 1. The number of hydrogen-bond acceptors (Lipinski definition) is 3. The van der Waals surface area contributed by atoms with E-state index in [0.717, 1.165) is 5.56 Å². The van der Waals surface area contributed by atoms with Crippen molar-refractivity contribution in [3.63, 3.8) is 0 Å². The molecule has 2 N–H and O–H groups in total. The van der Waals surface area contributed by atoms with Crippen molar-refractivity contribution in [3.05, 3.63) is 53.1 Å². The van der Waals surface area contributed by atoms with Crippen LogP contribution in [-0.2, 0) is 13.1 Å². The average Bonchev–Trinajstić information content (AvgIpc) is 2.90. The molecular formula is C17H18FN3O3. The fraction of sp³-hybridized carbons (Fsp3) is 0.294. The largest absolute Gasteiger partial charge is 0.505 e. The molecule has 2 aromatic rings. The van der Waals surface area contributed by atoms with Gasteiger partial charge in [-0.1, -0.05) is 12.1 Å². The van der Waals surface area contributed by atoms with Crippen LogP contribution in [0.15, 0.2) is 30.5 Å². The highest BCUT2D eigenvalue weighted by atomic mass is 19.1. The van der Waals surface area contributed by atoms with Gasteiger partial charge in [-0.05, 0) is 24.6 Å². The molecule has 0 radical (unpaired) electrons. The lowest BCUT2D eigenvalue weighted by molar-refractivity contribution is 0.0687. The second-order valence-corrected chi connectivity index (χ2v) is 5.65. The Kier molecular flexibility index (Phi) is 4.24. The molecule has 2 amide bonds. The molecular weight excluding hydrogens is 313 g/mol. The molecule has 0 bridgehead atoms. The van der Waals surface area contributed by atoms with Crippen molar-refractivity contribution in [2.24, 2.45) is 0 Å². The molecule has 2 heterocycles. The Morgan fingerprint density at radius 2 is 2.00 bits per heavy atom. The fourth-order valence-electron chi connectivity index (χ4n) is 2.81. The first kappa shape index (κ1) is 16.0. The fourth-order valence-corrected chi connectivity index (χ4v) is 2.81.